The second-order valence-corrected chi connectivity index (χ2v) is 3.08. The van der Waals surface area contributed by atoms with E-state index in [0.717, 1.165) is 25.8 Å². The average molecular weight is 150 g/mol. The van der Waals surface area contributed by atoms with Gasteiger partial charge < -0.3 is 4.74 Å². The van der Waals surface area contributed by atoms with Crippen LogP contribution in [-0.2, 0) is 4.74 Å². The van der Waals surface area contributed by atoms with Crippen molar-refractivity contribution >= 4 is 5.90 Å². The van der Waals surface area contributed by atoms with Crippen molar-refractivity contribution in [1.82, 2.24) is 0 Å². The number of hydrogen-bond acceptors (Lipinski definition) is 3. The molecular weight excluding hydrogens is 140 g/mol. The molecule has 1 saturated carbocycles. The van der Waals surface area contributed by atoms with Gasteiger partial charge in [-0.2, -0.15) is 5.26 Å². The lowest BCUT2D eigenvalue weighted by Crippen LogP contribution is -2.36. The molecule has 0 saturated heterocycles. The van der Waals surface area contributed by atoms with Gasteiger partial charge in [-0.25, -0.2) is 0 Å². The largest absolute Gasteiger partial charge is 0.478 e. The molecule has 0 spiro atoms. The molecule has 2 rings (SSSR count). The van der Waals surface area contributed by atoms with Gasteiger partial charge in [-0.3, -0.25) is 4.99 Å². The molecule has 0 atom stereocenters. The van der Waals surface area contributed by atoms with E-state index in [2.05, 4.69) is 11.1 Å². The number of nitriles is 1. The molecular formula is C8H10N2O. The smallest absolute Gasteiger partial charge is 0.204 e. The highest BCUT2D eigenvalue weighted by Crippen LogP contribution is 2.42. The Morgan fingerprint density at radius 3 is 2.73 bits per heavy atom. The summed E-state index contributed by atoms with van der Waals surface area (Å²) in [4.78, 5) is 4.17. The summed E-state index contributed by atoms with van der Waals surface area (Å²) in [5.41, 5.74) is -0.323. The van der Waals surface area contributed by atoms with E-state index in [9.17, 15) is 0 Å². The zero-order valence-electron chi connectivity index (χ0n) is 6.34. The molecule has 3 heteroatoms. The molecule has 11 heavy (non-hydrogen) atoms. The molecule has 1 aliphatic carbocycles. The second-order valence-electron chi connectivity index (χ2n) is 3.08. The van der Waals surface area contributed by atoms with Gasteiger partial charge in [0.1, 0.15) is 12.0 Å². The fraction of sp³-hybridized carbons (Fsp3) is 0.750. The molecule has 0 aromatic heterocycles. The Morgan fingerprint density at radius 1 is 1.55 bits per heavy atom. The molecule has 58 valence electrons. The van der Waals surface area contributed by atoms with Crippen LogP contribution in [0.25, 0.3) is 0 Å². The highest BCUT2D eigenvalue weighted by Gasteiger charge is 2.45. The monoisotopic (exact) mass is 150 g/mol. The van der Waals surface area contributed by atoms with Crippen LogP contribution in [0.1, 0.15) is 19.3 Å². The summed E-state index contributed by atoms with van der Waals surface area (Å²) in [5.74, 6) is 0.700. The van der Waals surface area contributed by atoms with Crippen molar-refractivity contribution in [2.45, 2.75) is 19.3 Å². The van der Waals surface area contributed by atoms with Gasteiger partial charge in [-0.15, -0.1) is 0 Å². The van der Waals surface area contributed by atoms with Gasteiger partial charge in [-0.05, 0) is 19.3 Å². The Bertz CT molecular complexity index is 235. The molecule has 1 aliphatic heterocycles. The minimum atomic E-state index is -0.323. The van der Waals surface area contributed by atoms with Crippen molar-refractivity contribution in [2.75, 3.05) is 13.2 Å². The number of nitrogens with zero attached hydrogens (tertiary/aromatic N) is 2. The molecule has 0 unspecified atom stereocenters. The van der Waals surface area contributed by atoms with Crippen molar-refractivity contribution in [3.05, 3.63) is 0 Å². The van der Waals surface area contributed by atoms with E-state index >= 15 is 0 Å². The van der Waals surface area contributed by atoms with Gasteiger partial charge >= 0.3 is 0 Å². The maximum Gasteiger partial charge on any atom is 0.204 e. The topological polar surface area (TPSA) is 45.4 Å². The van der Waals surface area contributed by atoms with E-state index in [1.54, 1.807) is 0 Å². The predicted octanol–water partition coefficient (Wildman–Crippen LogP) is 1.11. The normalized spacial score (nSPS) is 26.3. The van der Waals surface area contributed by atoms with Crippen molar-refractivity contribution < 1.29 is 4.74 Å². The summed E-state index contributed by atoms with van der Waals surface area (Å²) in [7, 11) is 0. The third-order valence-electron chi connectivity index (χ3n) is 2.42. The first-order valence-corrected chi connectivity index (χ1v) is 3.96. The highest BCUT2D eigenvalue weighted by atomic mass is 16.5. The van der Waals surface area contributed by atoms with Crippen LogP contribution in [-0.4, -0.2) is 19.0 Å². The predicted molar refractivity (Wildman–Crippen MR) is 40.2 cm³/mol. The minimum absolute atomic E-state index is 0.323. The lowest BCUT2D eigenvalue weighted by Gasteiger charge is -2.33. The van der Waals surface area contributed by atoms with Crippen LogP contribution in [0.2, 0.25) is 0 Å². The van der Waals surface area contributed by atoms with Crippen molar-refractivity contribution in [1.29, 1.82) is 5.26 Å². The van der Waals surface area contributed by atoms with E-state index in [0.29, 0.717) is 12.5 Å². The van der Waals surface area contributed by atoms with Crippen LogP contribution >= 0.6 is 0 Å². The van der Waals surface area contributed by atoms with Crippen LogP contribution in [0.3, 0.4) is 0 Å². The minimum Gasteiger partial charge on any atom is -0.478 e. The number of rotatable bonds is 1. The third kappa shape index (κ3) is 0.823. The zero-order chi connectivity index (χ0) is 7.73. The van der Waals surface area contributed by atoms with Crippen molar-refractivity contribution in [3.8, 4) is 6.07 Å². The van der Waals surface area contributed by atoms with Crippen molar-refractivity contribution in [3.63, 3.8) is 0 Å². The van der Waals surface area contributed by atoms with Gasteiger partial charge in [0.25, 0.3) is 0 Å². The molecule has 3 nitrogen and oxygen atoms in total. The fourth-order valence-electron chi connectivity index (χ4n) is 1.53. The Kier molecular flexibility index (Phi) is 1.35. The third-order valence-corrected chi connectivity index (χ3v) is 2.42. The molecule has 0 N–H and O–H groups in total. The molecule has 0 aromatic rings. The van der Waals surface area contributed by atoms with Crippen LogP contribution < -0.4 is 0 Å². The average Bonchev–Trinajstić information content (AvgIpc) is 2.39. The molecule has 0 radical (unpaired) electrons. The van der Waals surface area contributed by atoms with Crippen LogP contribution in [0, 0.1) is 16.7 Å². The molecule has 2 aliphatic rings. The van der Waals surface area contributed by atoms with Crippen molar-refractivity contribution in [2.24, 2.45) is 10.4 Å². The Hall–Kier alpha value is -1.04. The first-order chi connectivity index (χ1) is 5.37. The summed E-state index contributed by atoms with van der Waals surface area (Å²) in [6.45, 7) is 1.40. The summed E-state index contributed by atoms with van der Waals surface area (Å²) < 4.78 is 5.28. The summed E-state index contributed by atoms with van der Waals surface area (Å²) >= 11 is 0. The number of aliphatic imine (C=N–C) groups is 1. The molecule has 0 bridgehead atoms. The van der Waals surface area contributed by atoms with Gasteiger partial charge in [0.15, 0.2) is 0 Å². The maximum atomic E-state index is 8.89. The maximum absolute atomic E-state index is 8.89. The van der Waals surface area contributed by atoms with E-state index in [1.807, 2.05) is 0 Å². The Balaban J connectivity index is 2.18. The first-order valence-electron chi connectivity index (χ1n) is 3.96. The first kappa shape index (κ1) is 6.66. The highest BCUT2D eigenvalue weighted by molar-refractivity contribution is 5.87. The van der Waals surface area contributed by atoms with Crippen LogP contribution in [0.4, 0.5) is 0 Å². The van der Waals surface area contributed by atoms with Gasteiger partial charge in [0.2, 0.25) is 5.90 Å². The van der Waals surface area contributed by atoms with E-state index in [4.69, 9.17) is 10.00 Å². The van der Waals surface area contributed by atoms with Gasteiger partial charge in [0.05, 0.1) is 12.6 Å². The number of ether oxygens (including phenoxy) is 1. The molecule has 1 fully saturated rings. The summed E-state index contributed by atoms with van der Waals surface area (Å²) in [5, 5.41) is 8.89. The molecule has 1 heterocycles. The molecule has 0 amide bonds. The Labute approximate surface area is 65.7 Å². The number of hydrogen-bond donors (Lipinski definition) is 0. The van der Waals surface area contributed by atoms with E-state index < -0.39 is 0 Å². The lowest BCUT2D eigenvalue weighted by molar-refractivity contribution is 0.233. The zero-order valence-corrected chi connectivity index (χ0v) is 6.34. The second kappa shape index (κ2) is 2.23. The lowest BCUT2D eigenvalue weighted by atomic mass is 9.70. The van der Waals surface area contributed by atoms with E-state index in [-0.39, 0.29) is 5.41 Å². The van der Waals surface area contributed by atoms with E-state index in [1.165, 1.54) is 0 Å². The SMILES string of the molecule is N#CC1(C2=NCCO2)CCC1. The van der Waals surface area contributed by atoms with Gasteiger partial charge in [0, 0.05) is 0 Å². The fourth-order valence-corrected chi connectivity index (χ4v) is 1.53. The van der Waals surface area contributed by atoms with Crippen LogP contribution in [0.5, 0.6) is 0 Å². The Morgan fingerprint density at radius 2 is 2.36 bits per heavy atom. The van der Waals surface area contributed by atoms with Gasteiger partial charge in [-0.1, -0.05) is 0 Å². The molecule has 0 aromatic carbocycles. The standard InChI is InChI=1S/C8H10N2O/c9-6-8(2-1-3-8)7-10-4-5-11-7/h1-5H2. The summed E-state index contributed by atoms with van der Waals surface area (Å²) in [6.07, 6.45) is 3.00. The van der Waals surface area contributed by atoms with Crippen LogP contribution in [0.15, 0.2) is 4.99 Å². The summed E-state index contributed by atoms with van der Waals surface area (Å²) in [6, 6.07) is 2.30. The quantitative estimate of drug-likeness (QED) is 0.562.